The summed E-state index contributed by atoms with van der Waals surface area (Å²) in [4.78, 5) is 15.9. The zero-order valence-electron chi connectivity index (χ0n) is 12.8. The fourth-order valence-corrected chi connectivity index (χ4v) is 2.86. The van der Waals surface area contributed by atoms with E-state index < -0.39 is 0 Å². The Balaban J connectivity index is 1.56. The molecule has 1 amide bonds. The van der Waals surface area contributed by atoms with E-state index in [1.54, 1.807) is 0 Å². The highest BCUT2D eigenvalue weighted by Crippen LogP contribution is 2.28. The highest BCUT2D eigenvalue weighted by Gasteiger charge is 2.17. The molecule has 0 spiro atoms. The third-order valence-electron chi connectivity index (χ3n) is 4.06. The highest BCUT2D eigenvalue weighted by molar-refractivity contribution is 5.94. The number of oxazole rings is 1. The van der Waals surface area contributed by atoms with Crippen LogP contribution >= 0.6 is 0 Å². The molecule has 0 saturated heterocycles. The number of benzene rings is 2. The lowest BCUT2D eigenvalue weighted by molar-refractivity contribution is -0.116. The number of nitrogens with zero attached hydrogens (tertiary/aromatic N) is 1. The molecule has 0 radical (unpaired) electrons. The van der Waals surface area contributed by atoms with Crippen LogP contribution in [0.1, 0.15) is 30.8 Å². The number of para-hydroxylation sites is 2. The lowest BCUT2D eigenvalue weighted by Gasteiger charge is -2.19. The Bertz CT molecular complexity index is 852. The van der Waals surface area contributed by atoms with E-state index in [1.807, 2.05) is 43.3 Å². The topological polar surface area (TPSA) is 67.2 Å². The standard InChI is InChI=1S/C18H17N3O2/c1-11(18-21-15-4-2-3-5-16(15)23-18)19-13-7-8-14-12(10-13)6-9-17(22)20-14/h2-5,7-8,10-11,19H,6,9H2,1H3,(H,20,22). The van der Waals surface area contributed by atoms with Gasteiger partial charge < -0.3 is 15.1 Å². The van der Waals surface area contributed by atoms with Crippen molar-refractivity contribution in [3.05, 3.63) is 53.9 Å². The molecule has 5 nitrogen and oxygen atoms in total. The zero-order valence-corrected chi connectivity index (χ0v) is 12.8. The quantitative estimate of drug-likeness (QED) is 0.770. The van der Waals surface area contributed by atoms with Crippen molar-refractivity contribution in [1.82, 2.24) is 4.98 Å². The van der Waals surface area contributed by atoms with Crippen LogP contribution in [0.15, 0.2) is 46.9 Å². The Morgan fingerprint density at radius 1 is 1.22 bits per heavy atom. The van der Waals surface area contributed by atoms with E-state index >= 15 is 0 Å². The van der Waals surface area contributed by atoms with Crippen LogP contribution < -0.4 is 10.6 Å². The second kappa shape index (κ2) is 5.43. The third-order valence-corrected chi connectivity index (χ3v) is 4.06. The summed E-state index contributed by atoms with van der Waals surface area (Å²) in [5, 5.41) is 6.30. The Kier molecular flexibility index (Phi) is 3.26. The Morgan fingerprint density at radius 2 is 2.09 bits per heavy atom. The number of nitrogens with one attached hydrogen (secondary N) is 2. The minimum Gasteiger partial charge on any atom is -0.438 e. The van der Waals surface area contributed by atoms with Gasteiger partial charge in [0.25, 0.3) is 0 Å². The van der Waals surface area contributed by atoms with E-state index in [2.05, 4.69) is 21.7 Å². The number of aromatic nitrogens is 1. The fourth-order valence-electron chi connectivity index (χ4n) is 2.86. The first-order valence-corrected chi connectivity index (χ1v) is 7.74. The van der Waals surface area contributed by atoms with Gasteiger partial charge in [0.2, 0.25) is 11.8 Å². The first kappa shape index (κ1) is 13.8. The van der Waals surface area contributed by atoms with Gasteiger partial charge in [-0.15, -0.1) is 0 Å². The molecule has 2 aromatic carbocycles. The van der Waals surface area contributed by atoms with Gasteiger partial charge in [-0.25, -0.2) is 4.98 Å². The molecule has 2 N–H and O–H groups in total. The molecule has 0 aliphatic carbocycles. The Labute approximate surface area is 133 Å². The fraction of sp³-hybridized carbons (Fsp3) is 0.222. The van der Waals surface area contributed by atoms with E-state index in [0.717, 1.165) is 34.5 Å². The van der Waals surface area contributed by atoms with Crippen molar-refractivity contribution in [1.29, 1.82) is 0 Å². The largest absolute Gasteiger partial charge is 0.438 e. The predicted octanol–water partition coefficient (Wildman–Crippen LogP) is 3.89. The maximum atomic E-state index is 11.4. The molecule has 1 unspecified atom stereocenters. The Hall–Kier alpha value is -2.82. The van der Waals surface area contributed by atoms with Crippen LogP contribution in [0.3, 0.4) is 0 Å². The van der Waals surface area contributed by atoms with Crippen molar-refractivity contribution in [3.8, 4) is 0 Å². The summed E-state index contributed by atoms with van der Waals surface area (Å²) in [6.45, 7) is 2.02. The molecule has 0 saturated carbocycles. The van der Waals surface area contributed by atoms with E-state index in [1.165, 1.54) is 0 Å². The van der Waals surface area contributed by atoms with Crippen LogP contribution in [0.5, 0.6) is 0 Å². The van der Waals surface area contributed by atoms with Crippen molar-refractivity contribution >= 4 is 28.4 Å². The average Bonchev–Trinajstić information content (AvgIpc) is 2.99. The summed E-state index contributed by atoms with van der Waals surface area (Å²) < 4.78 is 5.80. The van der Waals surface area contributed by atoms with E-state index in [0.29, 0.717) is 12.3 Å². The van der Waals surface area contributed by atoms with Crippen LogP contribution in [0.2, 0.25) is 0 Å². The lowest BCUT2D eigenvalue weighted by atomic mass is 10.0. The second-order valence-corrected chi connectivity index (χ2v) is 5.81. The van der Waals surface area contributed by atoms with Crippen molar-refractivity contribution in [2.75, 3.05) is 10.6 Å². The van der Waals surface area contributed by atoms with Crippen LogP contribution in [-0.2, 0) is 11.2 Å². The van der Waals surface area contributed by atoms with Crippen molar-refractivity contribution < 1.29 is 9.21 Å². The molecule has 116 valence electrons. The predicted molar refractivity (Wildman–Crippen MR) is 89.4 cm³/mol. The van der Waals surface area contributed by atoms with Gasteiger partial charge in [0.1, 0.15) is 11.6 Å². The molecule has 0 bridgehead atoms. The molecule has 0 fully saturated rings. The van der Waals surface area contributed by atoms with Gasteiger partial charge in [-0.2, -0.15) is 0 Å². The van der Waals surface area contributed by atoms with E-state index in [4.69, 9.17) is 4.42 Å². The summed E-state index contributed by atoms with van der Waals surface area (Å²) in [6, 6.07) is 13.7. The maximum Gasteiger partial charge on any atom is 0.224 e. The second-order valence-electron chi connectivity index (χ2n) is 5.81. The number of fused-ring (bicyclic) bond motifs is 2. The lowest BCUT2D eigenvalue weighted by Crippen LogP contribution is -2.19. The zero-order chi connectivity index (χ0) is 15.8. The number of hydrogen-bond acceptors (Lipinski definition) is 4. The van der Waals surface area contributed by atoms with E-state index in [9.17, 15) is 4.79 Å². The summed E-state index contributed by atoms with van der Waals surface area (Å²) in [5.74, 6) is 0.746. The van der Waals surface area contributed by atoms with Gasteiger partial charge >= 0.3 is 0 Å². The third kappa shape index (κ3) is 2.65. The summed E-state index contributed by atoms with van der Waals surface area (Å²) in [7, 11) is 0. The number of amides is 1. The number of aryl methyl sites for hydroxylation is 1. The Morgan fingerprint density at radius 3 is 2.96 bits per heavy atom. The van der Waals surface area contributed by atoms with Crippen molar-refractivity contribution in [3.63, 3.8) is 0 Å². The molecular weight excluding hydrogens is 290 g/mol. The number of carbonyl (C=O) groups is 1. The molecule has 1 aliphatic heterocycles. The number of hydrogen-bond donors (Lipinski definition) is 2. The summed E-state index contributed by atoms with van der Waals surface area (Å²) >= 11 is 0. The van der Waals surface area contributed by atoms with Crippen molar-refractivity contribution in [2.45, 2.75) is 25.8 Å². The van der Waals surface area contributed by atoms with Gasteiger partial charge in [0.05, 0.1) is 0 Å². The first-order valence-electron chi connectivity index (χ1n) is 7.74. The van der Waals surface area contributed by atoms with Gasteiger partial charge in [0.15, 0.2) is 5.58 Å². The van der Waals surface area contributed by atoms with Crippen LogP contribution in [0.4, 0.5) is 11.4 Å². The molecule has 1 aliphatic rings. The summed E-state index contributed by atoms with van der Waals surface area (Å²) in [5.41, 5.74) is 4.71. The highest BCUT2D eigenvalue weighted by atomic mass is 16.3. The molecule has 1 atom stereocenters. The minimum atomic E-state index is -0.0429. The monoisotopic (exact) mass is 307 g/mol. The number of carbonyl (C=O) groups excluding carboxylic acids is 1. The van der Waals surface area contributed by atoms with Gasteiger partial charge in [0, 0.05) is 17.8 Å². The SMILES string of the molecule is CC(Nc1ccc2c(c1)CCC(=O)N2)c1nc2ccccc2o1. The molecular formula is C18H17N3O2. The molecule has 1 aromatic heterocycles. The smallest absolute Gasteiger partial charge is 0.224 e. The molecule has 2 heterocycles. The number of anilines is 2. The van der Waals surface area contributed by atoms with Crippen molar-refractivity contribution in [2.24, 2.45) is 0 Å². The van der Waals surface area contributed by atoms with Crippen LogP contribution in [-0.4, -0.2) is 10.9 Å². The van der Waals surface area contributed by atoms with E-state index in [-0.39, 0.29) is 11.9 Å². The normalized spacial score (nSPS) is 15.1. The molecule has 4 rings (SSSR count). The maximum absolute atomic E-state index is 11.4. The van der Waals surface area contributed by atoms with Crippen LogP contribution in [0, 0.1) is 0 Å². The van der Waals surface area contributed by atoms with Gasteiger partial charge in [-0.1, -0.05) is 12.1 Å². The molecule has 5 heteroatoms. The van der Waals surface area contributed by atoms with Gasteiger partial charge in [-0.3, -0.25) is 4.79 Å². The molecule has 3 aromatic rings. The molecule has 23 heavy (non-hydrogen) atoms. The average molecular weight is 307 g/mol. The number of rotatable bonds is 3. The van der Waals surface area contributed by atoms with Gasteiger partial charge in [-0.05, 0) is 49.2 Å². The first-order chi connectivity index (χ1) is 11.2. The minimum absolute atomic E-state index is 0.0429. The summed E-state index contributed by atoms with van der Waals surface area (Å²) in [6.07, 6.45) is 1.31. The van der Waals surface area contributed by atoms with Crippen LogP contribution in [0.25, 0.3) is 11.1 Å².